The Hall–Kier alpha value is -0.980. The van der Waals surface area contributed by atoms with Gasteiger partial charge in [-0.25, -0.2) is 0 Å². The summed E-state index contributed by atoms with van der Waals surface area (Å²) in [5.41, 5.74) is 5.10. The van der Waals surface area contributed by atoms with Gasteiger partial charge in [-0.05, 0) is 18.3 Å². The van der Waals surface area contributed by atoms with Crippen molar-refractivity contribution in [1.29, 1.82) is 0 Å². The molecular weight excluding hydrogens is 259 g/mol. The Bertz CT molecular complexity index is 329. The summed E-state index contributed by atoms with van der Waals surface area (Å²) in [5.74, 6) is -2.75. The standard InChI is InChI=1S/C12H22F3N3O/c1-11(2)6-4-3-5-9(11)17-7-8(10(16)18-19)12(13,14)15/h8-9,17,19H,3-7H2,1-2H3,(H2,16,18). The first-order valence-electron chi connectivity index (χ1n) is 6.46. The van der Waals surface area contributed by atoms with Crippen LogP contribution in [-0.2, 0) is 0 Å². The van der Waals surface area contributed by atoms with E-state index in [2.05, 4.69) is 24.3 Å². The van der Waals surface area contributed by atoms with E-state index in [4.69, 9.17) is 10.9 Å². The van der Waals surface area contributed by atoms with Crippen LogP contribution < -0.4 is 11.1 Å². The van der Waals surface area contributed by atoms with Gasteiger partial charge < -0.3 is 16.3 Å². The normalized spacial score (nSPS) is 26.2. The first kappa shape index (κ1) is 16.1. The minimum absolute atomic E-state index is 0.0255. The maximum atomic E-state index is 12.8. The first-order valence-corrected chi connectivity index (χ1v) is 6.46. The maximum Gasteiger partial charge on any atom is 0.400 e. The highest BCUT2D eigenvalue weighted by molar-refractivity contribution is 5.83. The smallest absolute Gasteiger partial charge is 0.400 e. The van der Waals surface area contributed by atoms with Crippen molar-refractivity contribution in [2.24, 2.45) is 22.2 Å². The van der Waals surface area contributed by atoms with E-state index in [-0.39, 0.29) is 18.0 Å². The number of nitrogens with one attached hydrogen (secondary N) is 1. The van der Waals surface area contributed by atoms with Crippen molar-refractivity contribution >= 4 is 5.84 Å². The molecule has 4 N–H and O–H groups in total. The van der Waals surface area contributed by atoms with Gasteiger partial charge in [0.2, 0.25) is 0 Å². The number of halogens is 3. The second-order valence-corrected chi connectivity index (χ2v) is 5.81. The molecule has 7 heteroatoms. The van der Waals surface area contributed by atoms with Gasteiger partial charge in [0.15, 0.2) is 5.84 Å². The fourth-order valence-electron chi connectivity index (χ4n) is 2.59. The lowest BCUT2D eigenvalue weighted by molar-refractivity contribution is -0.155. The summed E-state index contributed by atoms with van der Waals surface area (Å²) in [4.78, 5) is 0. The summed E-state index contributed by atoms with van der Waals surface area (Å²) in [7, 11) is 0. The average molecular weight is 281 g/mol. The molecule has 19 heavy (non-hydrogen) atoms. The van der Waals surface area contributed by atoms with Gasteiger partial charge in [-0.15, -0.1) is 0 Å². The topological polar surface area (TPSA) is 70.6 Å². The summed E-state index contributed by atoms with van der Waals surface area (Å²) in [6.45, 7) is 3.75. The zero-order chi connectivity index (χ0) is 14.7. The Morgan fingerprint density at radius 1 is 1.47 bits per heavy atom. The van der Waals surface area contributed by atoms with Gasteiger partial charge in [-0.1, -0.05) is 31.8 Å². The molecule has 112 valence electrons. The lowest BCUT2D eigenvalue weighted by Gasteiger charge is -2.40. The molecular formula is C12H22F3N3O. The molecule has 1 fully saturated rings. The van der Waals surface area contributed by atoms with Crippen molar-refractivity contribution in [3.05, 3.63) is 0 Å². The Labute approximate surface area is 111 Å². The van der Waals surface area contributed by atoms with Gasteiger partial charge in [-0.3, -0.25) is 0 Å². The van der Waals surface area contributed by atoms with Crippen LogP contribution >= 0.6 is 0 Å². The van der Waals surface area contributed by atoms with Crippen LogP contribution in [-0.4, -0.2) is 29.8 Å². The molecule has 1 rings (SSSR count). The van der Waals surface area contributed by atoms with E-state index >= 15 is 0 Å². The van der Waals surface area contributed by atoms with E-state index in [1.54, 1.807) is 0 Å². The number of hydrogen-bond acceptors (Lipinski definition) is 3. The van der Waals surface area contributed by atoms with E-state index in [0.717, 1.165) is 25.7 Å². The number of nitrogens with zero attached hydrogens (tertiary/aromatic N) is 1. The summed E-state index contributed by atoms with van der Waals surface area (Å²) < 4.78 is 38.4. The Morgan fingerprint density at radius 3 is 2.58 bits per heavy atom. The summed E-state index contributed by atoms with van der Waals surface area (Å²) in [6, 6.07) is 0.0255. The highest BCUT2D eigenvalue weighted by Crippen LogP contribution is 2.36. The molecule has 2 atom stereocenters. The number of oxime groups is 1. The zero-order valence-corrected chi connectivity index (χ0v) is 11.3. The molecule has 0 aromatic carbocycles. The highest BCUT2D eigenvalue weighted by atomic mass is 19.4. The molecule has 1 saturated carbocycles. The molecule has 0 aromatic rings. The second-order valence-electron chi connectivity index (χ2n) is 5.81. The molecule has 0 spiro atoms. The van der Waals surface area contributed by atoms with Crippen LogP contribution in [0, 0.1) is 11.3 Å². The third-order valence-electron chi connectivity index (χ3n) is 3.94. The quantitative estimate of drug-likeness (QED) is 0.321. The van der Waals surface area contributed by atoms with E-state index in [1.165, 1.54) is 0 Å². The van der Waals surface area contributed by atoms with E-state index < -0.39 is 17.9 Å². The van der Waals surface area contributed by atoms with Gasteiger partial charge in [0.05, 0.1) is 0 Å². The molecule has 0 saturated heterocycles. The molecule has 0 amide bonds. The van der Waals surface area contributed by atoms with Crippen molar-refractivity contribution < 1.29 is 18.4 Å². The molecule has 1 aliphatic rings. The van der Waals surface area contributed by atoms with Gasteiger partial charge in [0, 0.05) is 12.6 Å². The van der Waals surface area contributed by atoms with Crippen molar-refractivity contribution in [2.75, 3.05) is 6.54 Å². The maximum absolute atomic E-state index is 12.8. The predicted molar refractivity (Wildman–Crippen MR) is 67.0 cm³/mol. The van der Waals surface area contributed by atoms with Crippen molar-refractivity contribution in [1.82, 2.24) is 5.32 Å². The molecule has 0 aliphatic heterocycles. The monoisotopic (exact) mass is 281 g/mol. The lowest BCUT2D eigenvalue weighted by Crippen LogP contribution is -2.50. The van der Waals surface area contributed by atoms with Gasteiger partial charge in [0.25, 0.3) is 0 Å². The third kappa shape index (κ3) is 4.26. The van der Waals surface area contributed by atoms with Crippen molar-refractivity contribution in [2.45, 2.75) is 51.7 Å². The van der Waals surface area contributed by atoms with E-state index in [0.29, 0.717) is 0 Å². The van der Waals surface area contributed by atoms with Crippen LogP contribution in [0.15, 0.2) is 5.16 Å². The van der Waals surface area contributed by atoms with Gasteiger partial charge in [0.1, 0.15) is 5.92 Å². The number of amidine groups is 1. The zero-order valence-electron chi connectivity index (χ0n) is 11.3. The van der Waals surface area contributed by atoms with Crippen LogP contribution in [0.3, 0.4) is 0 Å². The highest BCUT2D eigenvalue weighted by Gasteiger charge is 2.43. The van der Waals surface area contributed by atoms with Crippen LogP contribution in [0.1, 0.15) is 39.5 Å². The fraction of sp³-hybridized carbons (Fsp3) is 0.917. The summed E-state index contributed by atoms with van der Waals surface area (Å²) in [5, 5.41) is 13.9. The Balaban J connectivity index is 2.66. The minimum Gasteiger partial charge on any atom is -0.409 e. The van der Waals surface area contributed by atoms with E-state index in [9.17, 15) is 13.2 Å². The lowest BCUT2D eigenvalue weighted by atomic mass is 9.73. The fourth-order valence-corrected chi connectivity index (χ4v) is 2.59. The van der Waals surface area contributed by atoms with Crippen LogP contribution in [0.4, 0.5) is 13.2 Å². The molecule has 2 unspecified atom stereocenters. The van der Waals surface area contributed by atoms with Crippen LogP contribution in [0.5, 0.6) is 0 Å². The van der Waals surface area contributed by atoms with Crippen molar-refractivity contribution in [3.63, 3.8) is 0 Å². The molecule has 4 nitrogen and oxygen atoms in total. The van der Waals surface area contributed by atoms with Crippen molar-refractivity contribution in [3.8, 4) is 0 Å². The van der Waals surface area contributed by atoms with Gasteiger partial charge in [-0.2, -0.15) is 13.2 Å². The molecule has 0 bridgehead atoms. The van der Waals surface area contributed by atoms with Crippen LogP contribution in [0.2, 0.25) is 0 Å². The Kier molecular flexibility index (Phi) is 5.06. The van der Waals surface area contributed by atoms with Crippen LogP contribution in [0.25, 0.3) is 0 Å². The number of rotatable bonds is 4. The molecule has 0 aromatic heterocycles. The molecule has 0 radical (unpaired) electrons. The minimum atomic E-state index is -4.51. The summed E-state index contributed by atoms with van der Waals surface area (Å²) in [6.07, 6.45) is -0.545. The molecule has 1 aliphatic carbocycles. The Morgan fingerprint density at radius 2 is 2.11 bits per heavy atom. The third-order valence-corrected chi connectivity index (χ3v) is 3.94. The number of nitrogens with two attached hydrogens (primary N) is 1. The average Bonchev–Trinajstić information content (AvgIpc) is 2.29. The SMILES string of the molecule is CC1(C)CCCCC1NCC(C(N)=NO)C(F)(F)F. The summed E-state index contributed by atoms with van der Waals surface area (Å²) >= 11 is 0. The number of alkyl halides is 3. The van der Waals surface area contributed by atoms with E-state index in [1.807, 2.05) is 0 Å². The predicted octanol–water partition coefficient (Wildman–Crippen LogP) is 2.47. The number of hydrogen-bond donors (Lipinski definition) is 3. The largest absolute Gasteiger partial charge is 0.409 e. The second kappa shape index (κ2) is 5.98. The molecule has 0 heterocycles. The first-order chi connectivity index (χ1) is 8.68. The van der Waals surface area contributed by atoms with Gasteiger partial charge >= 0.3 is 6.18 Å².